The molecular weight excluding hydrogens is 284 g/mol. The summed E-state index contributed by atoms with van der Waals surface area (Å²) in [7, 11) is 0. The van der Waals surface area contributed by atoms with Crippen LogP contribution in [-0.2, 0) is 6.54 Å². The van der Waals surface area contributed by atoms with Crippen LogP contribution in [0.25, 0.3) is 0 Å². The van der Waals surface area contributed by atoms with E-state index in [1.165, 1.54) is 12.0 Å². The average Bonchev–Trinajstić information content (AvgIpc) is 3.06. The zero-order valence-corrected chi connectivity index (χ0v) is 13.3. The molecule has 0 bridgehead atoms. The van der Waals surface area contributed by atoms with Crippen molar-refractivity contribution >= 4 is 11.6 Å². The molecule has 112 valence electrons. The molecule has 1 aliphatic heterocycles. The number of aromatic nitrogens is 1. The highest BCUT2D eigenvalue weighted by atomic mass is 35.5. The SMILES string of the molecule is CC(C)c1cc(C2CCCN2Cc2cccc(Cl)c2)no1. The number of rotatable bonds is 4. The average molecular weight is 305 g/mol. The molecule has 0 radical (unpaired) electrons. The molecule has 1 aliphatic rings. The van der Waals surface area contributed by atoms with E-state index in [-0.39, 0.29) is 0 Å². The highest BCUT2D eigenvalue weighted by Gasteiger charge is 2.29. The normalized spacial score (nSPS) is 19.5. The maximum atomic E-state index is 6.08. The minimum absolute atomic E-state index is 0.361. The van der Waals surface area contributed by atoms with Crippen LogP contribution in [0.4, 0.5) is 0 Å². The number of hydrogen-bond donors (Lipinski definition) is 0. The van der Waals surface area contributed by atoms with Gasteiger partial charge in [0.15, 0.2) is 0 Å². The lowest BCUT2D eigenvalue weighted by atomic mass is 10.1. The maximum absolute atomic E-state index is 6.08. The van der Waals surface area contributed by atoms with Crippen molar-refractivity contribution in [2.75, 3.05) is 6.54 Å². The van der Waals surface area contributed by atoms with Gasteiger partial charge >= 0.3 is 0 Å². The molecule has 1 saturated heterocycles. The fraction of sp³-hybridized carbons (Fsp3) is 0.471. The van der Waals surface area contributed by atoms with Crippen molar-refractivity contribution in [3.63, 3.8) is 0 Å². The molecule has 0 aliphatic carbocycles. The summed E-state index contributed by atoms with van der Waals surface area (Å²) in [5.74, 6) is 1.36. The Labute approximate surface area is 130 Å². The highest BCUT2D eigenvalue weighted by Crippen LogP contribution is 2.33. The van der Waals surface area contributed by atoms with Crippen LogP contribution in [-0.4, -0.2) is 16.6 Å². The van der Waals surface area contributed by atoms with E-state index in [9.17, 15) is 0 Å². The Balaban J connectivity index is 1.75. The molecule has 0 saturated carbocycles. The largest absolute Gasteiger partial charge is 0.361 e. The summed E-state index contributed by atoms with van der Waals surface area (Å²) in [5.41, 5.74) is 2.32. The van der Waals surface area contributed by atoms with E-state index in [0.29, 0.717) is 12.0 Å². The van der Waals surface area contributed by atoms with Crippen molar-refractivity contribution in [2.24, 2.45) is 0 Å². The molecule has 0 spiro atoms. The Hall–Kier alpha value is -1.32. The van der Waals surface area contributed by atoms with Gasteiger partial charge in [0.05, 0.1) is 6.04 Å². The molecule has 21 heavy (non-hydrogen) atoms. The second kappa shape index (κ2) is 6.20. The van der Waals surface area contributed by atoms with Gasteiger partial charge in [0, 0.05) is 23.6 Å². The molecule has 1 unspecified atom stereocenters. The van der Waals surface area contributed by atoms with E-state index in [0.717, 1.165) is 36.0 Å². The lowest BCUT2D eigenvalue weighted by Gasteiger charge is -2.22. The molecule has 1 aromatic heterocycles. The van der Waals surface area contributed by atoms with Crippen LogP contribution in [0.2, 0.25) is 5.02 Å². The fourth-order valence-electron chi connectivity index (χ4n) is 2.95. The van der Waals surface area contributed by atoms with Gasteiger partial charge in [-0.1, -0.05) is 42.7 Å². The Bertz CT molecular complexity index is 608. The van der Waals surface area contributed by atoms with Crippen LogP contribution < -0.4 is 0 Å². The van der Waals surface area contributed by atoms with Crippen molar-refractivity contribution in [2.45, 2.75) is 45.2 Å². The third-order valence-electron chi connectivity index (χ3n) is 4.10. The second-order valence-electron chi connectivity index (χ2n) is 6.07. The van der Waals surface area contributed by atoms with Crippen molar-refractivity contribution < 1.29 is 4.52 Å². The number of nitrogens with zero attached hydrogens (tertiary/aromatic N) is 2. The van der Waals surface area contributed by atoms with Crippen LogP contribution in [0.1, 0.15) is 55.7 Å². The first-order valence-electron chi connectivity index (χ1n) is 7.58. The molecule has 1 fully saturated rings. The third kappa shape index (κ3) is 3.30. The third-order valence-corrected chi connectivity index (χ3v) is 4.33. The van der Waals surface area contributed by atoms with Crippen LogP contribution in [0.3, 0.4) is 0 Å². The van der Waals surface area contributed by atoms with E-state index in [1.54, 1.807) is 0 Å². The number of benzene rings is 1. The second-order valence-corrected chi connectivity index (χ2v) is 6.50. The lowest BCUT2D eigenvalue weighted by molar-refractivity contribution is 0.236. The predicted octanol–water partition coefficient (Wildman–Crippen LogP) is 4.79. The molecule has 1 aromatic carbocycles. The first-order chi connectivity index (χ1) is 10.1. The summed E-state index contributed by atoms with van der Waals surface area (Å²) in [5, 5.41) is 5.08. The Morgan fingerprint density at radius 1 is 1.38 bits per heavy atom. The van der Waals surface area contributed by atoms with Gasteiger partial charge in [-0.05, 0) is 37.1 Å². The van der Waals surface area contributed by atoms with Gasteiger partial charge in [0.2, 0.25) is 0 Å². The molecule has 1 atom stereocenters. The van der Waals surface area contributed by atoms with Crippen LogP contribution in [0, 0.1) is 0 Å². The first kappa shape index (κ1) is 14.6. The van der Waals surface area contributed by atoms with Crippen LogP contribution in [0.5, 0.6) is 0 Å². The molecule has 0 N–H and O–H groups in total. The topological polar surface area (TPSA) is 29.3 Å². The van der Waals surface area contributed by atoms with Crippen molar-refractivity contribution in [1.82, 2.24) is 10.1 Å². The van der Waals surface area contributed by atoms with E-state index < -0.39 is 0 Å². The minimum Gasteiger partial charge on any atom is -0.361 e. The summed E-state index contributed by atoms with van der Waals surface area (Å²) >= 11 is 6.08. The van der Waals surface area contributed by atoms with Gasteiger partial charge in [0.25, 0.3) is 0 Å². The van der Waals surface area contributed by atoms with Gasteiger partial charge in [-0.3, -0.25) is 4.90 Å². The Morgan fingerprint density at radius 3 is 2.95 bits per heavy atom. The summed E-state index contributed by atoms with van der Waals surface area (Å²) < 4.78 is 5.46. The number of likely N-dealkylation sites (tertiary alicyclic amines) is 1. The zero-order valence-electron chi connectivity index (χ0n) is 12.6. The number of halogens is 1. The molecule has 3 nitrogen and oxygen atoms in total. The van der Waals surface area contributed by atoms with Crippen molar-refractivity contribution in [3.05, 3.63) is 52.4 Å². The minimum atomic E-state index is 0.361. The standard InChI is InChI=1S/C17H21ClN2O/c1-12(2)17-10-15(19-21-17)16-7-4-8-20(16)11-13-5-3-6-14(18)9-13/h3,5-6,9-10,12,16H,4,7-8,11H2,1-2H3. The molecule has 4 heteroatoms. The van der Waals surface area contributed by atoms with Gasteiger partial charge in [-0.25, -0.2) is 0 Å². The monoisotopic (exact) mass is 304 g/mol. The summed E-state index contributed by atoms with van der Waals surface area (Å²) in [6.45, 7) is 6.27. The molecule has 2 aromatic rings. The maximum Gasteiger partial charge on any atom is 0.139 e. The van der Waals surface area contributed by atoms with Gasteiger partial charge in [0.1, 0.15) is 11.5 Å². The van der Waals surface area contributed by atoms with Crippen LogP contribution >= 0.6 is 11.6 Å². The number of hydrogen-bond acceptors (Lipinski definition) is 3. The predicted molar refractivity (Wildman–Crippen MR) is 84.4 cm³/mol. The fourth-order valence-corrected chi connectivity index (χ4v) is 3.17. The lowest BCUT2D eigenvalue weighted by Crippen LogP contribution is -2.22. The van der Waals surface area contributed by atoms with Crippen molar-refractivity contribution in [3.8, 4) is 0 Å². The summed E-state index contributed by atoms with van der Waals surface area (Å²) in [4.78, 5) is 2.47. The first-order valence-corrected chi connectivity index (χ1v) is 7.96. The molecular formula is C17H21ClN2O. The highest BCUT2D eigenvalue weighted by molar-refractivity contribution is 6.30. The summed E-state index contributed by atoms with van der Waals surface area (Å²) in [6.07, 6.45) is 2.35. The van der Waals surface area contributed by atoms with Crippen molar-refractivity contribution in [1.29, 1.82) is 0 Å². The Morgan fingerprint density at radius 2 is 2.24 bits per heavy atom. The van der Waals surface area contributed by atoms with Crippen LogP contribution in [0.15, 0.2) is 34.9 Å². The zero-order chi connectivity index (χ0) is 14.8. The van der Waals surface area contributed by atoms with Gasteiger partial charge < -0.3 is 4.52 Å². The quantitative estimate of drug-likeness (QED) is 0.813. The van der Waals surface area contributed by atoms with Gasteiger partial charge in [-0.15, -0.1) is 0 Å². The smallest absolute Gasteiger partial charge is 0.139 e. The molecule has 0 amide bonds. The molecule has 3 rings (SSSR count). The van der Waals surface area contributed by atoms with E-state index in [4.69, 9.17) is 16.1 Å². The Kier molecular flexibility index (Phi) is 4.32. The van der Waals surface area contributed by atoms with E-state index in [2.05, 4.69) is 36.0 Å². The van der Waals surface area contributed by atoms with Gasteiger partial charge in [-0.2, -0.15) is 0 Å². The molecule has 2 heterocycles. The van der Waals surface area contributed by atoms with E-state index in [1.807, 2.05) is 18.2 Å². The summed E-state index contributed by atoms with van der Waals surface area (Å²) in [6, 6.07) is 10.6. The van der Waals surface area contributed by atoms with E-state index >= 15 is 0 Å².